The lowest BCUT2D eigenvalue weighted by molar-refractivity contribution is -0.133. The molecule has 0 atom stereocenters. The lowest BCUT2D eigenvalue weighted by Gasteiger charge is -2.43. The molecule has 4 rings (SSSR count). The van der Waals surface area contributed by atoms with E-state index in [1.165, 1.54) is 17.5 Å². The summed E-state index contributed by atoms with van der Waals surface area (Å²) < 4.78 is 0. The Morgan fingerprint density at radius 2 is 1.53 bits per heavy atom. The van der Waals surface area contributed by atoms with Crippen molar-refractivity contribution in [2.24, 2.45) is 0 Å². The summed E-state index contributed by atoms with van der Waals surface area (Å²) in [5.74, 6) is 0.328. The smallest absolute Gasteiger partial charge is 0.234 e. The van der Waals surface area contributed by atoms with Crippen LogP contribution in [0, 0.1) is 0 Å². The number of nitrogens with one attached hydrogen (secondary N) is 1. The van der Waals surface area contributed by atoms with Crippen LogP contribution in [0.3, 0.4) is 0 Å². The molecule has 0 unspecified atom stereocenters. The van der Waals surface area contributed by atoms with Crippen LogP contribution in [0.4, 0.5) is 0 Å². The SMILES string of the molecule is O=C(CN1CCN(C(=O)CCCc2ccccc2)CC1)NCC1(c2ccccc2)CCC1. The Bertz CT molecular complexity index is 872. The zero-order valence-corrected chi connectivity index (χ0v) is 19.0. The van der Waals surface area contributed by atoms with Gasteiger partial charge >= 0.3 is 0 Å². The Morgan fingerprint density at radius 1 is 0.875 bits per heavy atom. The van der Waals surface area contributed by atoms with Crippen molar-refractivity contribution in [3.05, 3.63) is 71.8 Å². The standard InChI is InChI=1S/C27H35N3O2/c31-25(28-22-27(15-8-16-27)24-12-5-2-6-13-24)21-29-17-19-30(20-18-29)26(32)14-7-11-23-9-3-1-4-10-23/h1-6,9-10,12-13H,7-8,11,14-22H2,(H,28,31). The molecule has 5 heteroatoms. The molecule has 170 valence electrons. The van der Waals surface area contributed by atoms with Gasteiger partial charge in [-0.1, -0.05) is 67.1 Å². The van der Waals surface area contributed by atoms with E-state index in [-0.39, 0.29) is 17.2 Å². The first-order valence-electron chi connectivity index (χ1n) is 12.0. The van der Waals surface area contributed by atoms with Gasteiger partial charge in [0.2, 0.25) is 11.8 Å². The molecule has 1 saturated heterocycles. The third-order valence-corrected chi connectivity index (χ3v) is 7.11. The van der Waals surface area contributed by atoms with Crippen molar-refractivity contribution in [1.29, 1.82) is 0 Å². The van der Waals surface area contributed by atoms with Crippen LogP contribution < -0.4 is 5.32 Å². The van der Waals surface area contributed by atoms with Crippen molar-refractivity contribution in [1.82, 2.24) is 15.1 Å². The maximum Gasteiger partial charge on any atom is 0.234 e. The summed E-state index contributed by atoms with van der Waals surface area (Å²) in [6.45, 7) is 4.09. The number of hydrogen-bond donors (Lipinski definition) is 1. The first kappa shape index (κ1) is 22.5. The van der Waals surface area contributed by atoms with Crippen molar-refractivity contribution >= 4 is 11.8 Å². The molecule has 2 aromatic rings. The lowest BCUT2D eigenvalue weighted by atomic mass is 9.64. The van der Waals surface area contributed by atoms with Crippen molar-refractivity contribution in [2.75, 3.05) is 39.3 Å². The molecule has 2 aliphatic rings. The highest BCUT2D eigenvalue weighted by molar-refractivity contribution is 5.78. The molecule has 5 nitrogen and oxygen atoms in total. The van der Waals surface area contributed by atoms with E-state index in [9.17, 15) is 9.59 Å². The molecular weight excluding hydrogens is 398 g/mol. The molecule has 1 aliphatic carbocycles. The number of carbonyl (C=O) groups excluding carboxylic acids is 2. The Kier molecular flexibility index (Phi) is 7.59. The topological polar surface area (TPSA) is 52.7 Å². The van der Waals surface area contributed by atoms with E-state index in [4.69, 9.17) is 0 Å². The van der Waals surface area contributed by atoms with E-state index in [1.807, 2.05) is 29.2 Å². The van der Waals surface area contributed by atoms with E-state index in [1.54, 1.807) is 0 Å². The summed E-state index contributed by atoms with van der Waals surface area (Å²) in [6, 6.07) is 20.9. The quantitative estimate of drug-likeness (QED) is 0.660. The van der Waals surface area contributed by atoms with Gasteiger partial charge in [-0.15, -0.1) is 0 Å². The summed E-state index contributed by atoms with van der Waals surface area (Å²) in [5.41, 5.74) is 2.74. The number of aryl methyl sites for hydroxylation is 1. The fourth-order valence-electron chi connectivity index (χ4n) is 4.89. The third-order valence-electron chi connectivity index (χ3n) is 7.11. The first-order valence-corrected chi connectivity index (χ1v) is 12.0. The van der Waals surface area contributed by atoms with Crippen LogP contribution in [-0.4, -0.2) is 60.9 Å². The number of hydrogen-bond acceptors (Lipinski definition) is 3. The van der Waals surface area contributed by atoms with Gasteiger partial charge in [0.15, 0.2) is 0 Å². The fraction of sp³-hybridized carbons (Fsp3) is 0.481. The van der Waals surface area contributed by atoms with E-state index in [2.05, 4.69) is 46.6 Å². The molecule has 32 heavy (non-hydrogen) atoms. The van der Waals surface area contributed by atoms with Gasteiger partial charge in [0, 0.05) is 44.6 Å². The molecule has 2 amide bonds. The highest BCUT2D eigenvalue weighted by Gasteiger charge is 2.38. The van der Waals surface area contributed by atoms with Crippen LogP contribution in [0.2, 0.25) is 0 Å². The highest BCUT2D eigenvalue weighted by Crippen LogP contribution is 2.43. The number of carbonyl (C=O) groups is 2. The molecule has 0 aromatic heterocycles. The van der Waals surface area contributed by atoms with Gasteiger partial charge in [0.1, 0.15) is 0 Å². The van der Waals surface area contributed by atoms with Gasteiger partial charge in [-0.25, -0.2) is 0 Å². The van der Waals surface area contributed by atoms with Crippen LogP contribution in [0.15, 0.2) is 60.7 Å². The predicted octanol–water partition coefficient (Wildman–Crippen LogP) is 3.39. The Balaban J connectivity index is 1.15. The Morgan fingerprint density at radius 3 is 2.16 bits per heavy atom. The number of nitrogens with zero attached hydrogens (tertiary/aromatic N) is 2. The third kappa shape index (κ3) is 5.77. The zero-order valence-electron chi connectivity index (χ0n) is 19.0. The summed E-state index contributed by atoms with van der Waals surface area (Å²) in [7, 11) is 0. The zero-order chi connectivity index (χ0) is 22.2. The maximum absolute atomic E-state index is 12.6. The minimum atomic E-state index is 0.0924. The van der Waals surface area contributed by atoms with Crippen molar-refractivity contribution in [3.63, 3.8) is 0 Å². The van der Waals surface area contributed by atoms with Crippen molar-refractivity contribution in [3.8, 4) is 0 Å². The number of amides is 2. The van der Waals surface area contributed by atoms with Crippen LogP contribution in [0.25, 0.3) is 0 Å². The number of piperazine rings is 1. The molecule has 2 fully saturated rings. The van der Waals surface area contributed by atoms with Crippen LogP contribution in [0.5, 0.6) is 0 Å². The molecule has 1 heterocycles. The van der Waals surface area contributed by atoms with E-state index < -0.39 is 0 Å². The van der Waals surface area contributed by atoms with E-state index in [0.29, 0.717) is 26.1 Å². The fourth-order valence-corrected chi connectivity index (χ4v) is 4.89. The lowest BCUT2D eigenvalue weighted by Crippen LogP contribution is -2.52. The van der Waals surface area contributed by atoms with Crippen LogP contribution in [-0.2, 0) is 21.4 Å². The molecule has 1 saturated carbocycles. The normalized spacial score (nSPS) is 18.1. The Labute approximate surface area is 191 Å². The minimum Gasteiger partial charge on any atom is -0.354 e. The van der Waals surface area contributed by atoms with Gasteiger partial charge in [0.05, 0.1) is 6.54 Å². The second-order valence-electron chi connectivity index (χ2n) is 9.27. The molecule has 0 spiro atoms. The average molecular weight is 434 g/mol. The Hall–Kier alpha value is -2.66. The highest BCUT2D eigenvalue weighted by atomic mass is 16.2. The predicted molar refractivity (Wildman–Crippen MR) is 127 cm³/mol. The second-order valence-corrected chi connectivity index (χ2v) is 9.27. The van der Waals surface area contributed by atoms with Crippen LogP contribution in [0.1, 0.15) is 43.2 Å². The molecule has 2 aromatic carbocycles. The van der Waals surface area contributed by atoms with Gasteiger partial charge in [-0.3, -0.25) is 14.5 Å². The van der Waals surface area contributed by atoms with Crippen molar-refractivity contribution < 1.29 is 9.59 Å². The summed E-state index contributed by atoms with van der Waals surface area (Å²) >= 11 is 0. The molecule has 1 aliphatic heterocycles. The van der Waals surface area contributed by atoms with Crippen molar-refractivity contribution in [2.45, 2.75) is 43.9 Å². The summed E-state index contributed by atoms with van der Waals surface area (Å²) in [6.07, 6.45) is 5.93. The summed E-state index contributed by atoms with van der Waals surface area (Å²) in [5, 5.41) is 3.19. The van der Waals surface area contributed by atoms with Gasteiger partial charge < -0.3 is 10.2 Å². The molecule has 0 bridgehead atoms. The molecular formula is C27H35N3O2. The number of rotatable bonds is 9. The minimum absolute atomic E-state index is 0.0924. The maximum atomic E-state index is 12.6. The second kappa shape index (κ2) is 10.8. The summed E-state index contributed by atoms with van der Waals surface area (Å²) in [4.78, 5) is 29.2. The van der Waals surface area contributed by atoms with E-state index >= 15 is 0 Å². The van der Waals surface area contributed by atoms with Crippen LogP contribution >= 0.6 is 0 Å². The van der Waals surface area contributed by atoms with Gasteiger partial charge in [-0.05, 0) is 36.8 Å². The largest absolute Gasteiger partial charge is 0.354 e. The first-order chi connectivity index (χ1) is 15.6. The number of benzene rings is 2. The molecule has 1 N–H and O–H groups in total. The average Bonchev–Trinajstić information content (AvgIpc) is 2.80. The van der Waals surface area contributed by atoms with Gasteiger partial charge in [-0.2, -0.15) is 0 Å². The monoisotopic (exact) mass is 433 g/mol. The molecule has 0 radical (unpaired) electrons. The van der Waals surface area contributed by atoms with E-state index in [0.717, 1.165) is 45.3 Å². The van der Waals surface area contributed by atoms with Gasteiger partial charge in [0.25, 0.3) is 0 Å².